The van der Waals surface area contributed by atoms with Gasteiger partial charge in [-0.15, -0.1) is 0 Å². The predicted octanol–water partition coefficient (Wildman–Crippen LogP) is 3.39. The Morgan fingerprint density at radius 3 is 2.38 bits per heavy atom. The van der Waals surface area contributed by atoms with Crippen molar-refractivity contribution >= 4 is 31.6 Å². The van der Waals surface area contributed by atoms with Crippen molar-refractivity contribution in [2.24, 2.45) is 0 Å². The Bertz CT molecular complexity index is 799. The van der Waals surface area contributed by atoms with E-state index in [1.165, 1.54) is 24.3 Å². The molecule has 0 aliphatic carbocycles. The van der Waals surface area contributed by atoms with Gasteiger partial charge in [0.05, 0.1) is 22.2 Å². The number of sulfonamides is 1. The molecule has 0 heterocycles. The minimum absolute atomic E-state index is 0.0379. The highest BCUT2D eigenvalue weighted by molar-refractivity contribution is 9.08. The molecule has 0 radical (unpaired) electrons. The Hall–Kier alpha value is -1.91. The summed E-state index contributed by atoms with van der Waals surface area (Å²) in [7, 11) is -3.87. The van der Waals surface area contributed by atoms with Crippen molar-refractivity contribution in [2.75, 3.05) is 4.72 Å². The first-order valence-electron chi connectivity index (χ1n) is 5.83. The smallest absolute Gasteiger partial charge is 0.261 e. The van der Waals surface area contributed by atoms with Gasteiger partial charge in [0.2, 0.25) is 0 Å². The maximum atomic E-state index is 13.7. The molecule has 21 heavy (non-hydrogen) atoms. The number of nitrogens with zero attached hydrogens (tertiary/aromatic N) is 1. The molecule has 0 aromatic heterocycles. The van der Waals surface area contributed by atoms with E-state index in [0.717, 1.165) is 11.6 Å². The highest BCUT2D eigenvalue weighted by Crippen LogP contribution is 2.20. The van der Waals surface area contributed by atoms with Gasteiger partial charge in [-0.25, -0.2) is 12.8 Å². The first kappa shape index (κ1) is 15.5. The van der Waals surface area contributed by atoms with Crippen LogP contribution in [0.1, 0.15) is 11.1 Å². The molecular formula is C14H10BrFN2O2S. The number of benzene rings is 2. The van der Waals surface area contributed by atoms with Crippen molar-refractivity contribution in [2.45, 2.75) is 10.2 Å². The molecule has 2 rings (SSSR count). The largest absolute Gasteiger partial charge is 0.277 e. The summed E-state index contributed by atoms with van der Waals surface area (Å²) in [5, 5.41) is 9.27. The average molecular weight is 369 g/mol. The molecule has 0 spiro atoms. The number of hydrogen-bond acceptors (Lipinski definition) is 3. The normalized spacial score (nSPS) is 10.9. The van der Waals surface area contributed by atoms with Crippen LogP contribution in [0.2, 0.25) is 0 Å². The molecule has 2 aromatic carbocycles. The summed E-state index contributed by atoms with van der Waals surface area (Å²) in [5.74, 6) is -0.797. The molecule has 0 saturated heterocycles. The minimum atomic E-state index is -3.87. The van der Waals surface area contributed by atoms with Crippen LogP contribution in [0.5, 0.6) is 0 Å². The van der Waals surface area contributed by atoms with Gasteiger partial charge in [0, 0.05) is 5.33 Å². The zero-order valence-electron chi connectivity index (χ0n) is 10.7. The standard InChI is InChI=1S/C14H10BrFN2O2S/c15-8-10-1-4-12(5-2-10)21(19,20)18-14-6-3-11(9-17)7-13(14)16/h1-7,18H,8H2. The van der Waals surface area contributed by atoms with E-state index in [1.807, 2.05) is 0 Å². The van der Waals surface area contributed by atoms with E-state index >= 15 is 0 Å². The second-order valence-corrected chi connectivity index (χ2v) is 6.43. The molecule has 0 atom stereocenters. The summed E-state index contributed by atoms with van der Waals surface area (Å²) in [6, 6.07) is 11.5. The van der Waals surface area contributed by atoms with Gasteiger partial charge in [-0.05, 0) is 35.9 Å². The lowest BCUT2D eigenvalue weighted by molar-refractivity contribution is 0.598. The quantitative estimate of drug-likeness (QED) is 0.840. The molecule has 1 N–H and O–H groups in total. The first-order valence-corrected chi connectivity index (χ1v) is 8.44. The van der Waals surface area contributed by atoms with E-state index < -0.39 is 15.8 Å². The van der Waals surface area contributed by atoms with Crippen molar-refractivity contribution in [3.8, 4) is 6.07 Å². The van der Waals surface area contributed by atoms with Gasteiger partial charge in [-0.1, -0.05) is 28.1 Å². The zero-order chi connectivity index (χ0) is 15.5. The lowest BCUT2D eigenvalue weighted by atomic mass is 10.2. The van der Waals surface area contributed by atoms with E-state index in [1.54, 1.807) is 18.2 Å². The van der Waals surface area contributed by atoms with Crippen LogP contribution in [0.4, 0.5) is 10.1 Å². The second kappa shape index (κ2) is 6.24. The van der Waals surface area contributed by atoms with Crippen molar-refractivity contribution < 1.29 is 12.8 Å². The van der Waals surface area contributed by atoms with Crippen LogP contribution in [0.25, 0.3) is 0 Å². The van der Waals surface area contributed by atoms with Crippen LogP contribution in [0.15, 0.2) is 47.4 Å². The molecule has 2 aromatic rings. The highest BCUT2D eigenvalue weighted by atomic mass is 79.9. The molecular weight excluding hydrogens is 359 g/mol. The summed E-state index contributed by atoms with van der Waals surface area (Å²) < 4.78 is 40.2. The summed E-state index contributed by atoms with van der Waals surface area (Å²) in [4.78, 5) is 0.0379. The lowest BCUT2D eigenvalue weighted by Crippen LogP contribution is -2.14. The first-order chi connectivity index (χ1) is 9.96. The van der Waals surface area contributed by atoms with Crippen molar-refractivity contribution in [1.29, 1.82) is 5.26 Å². The molecule has 0 saturated carbocycles. The van der Waals surface area contributed by atoms with Crippen LogP contribution >= 0.6 is 15.9 Å². The zero-order valence-corrected chi connectivity index (χ0v) is 13.1. The monoisotopic (exact) mass is 368 g/mol. The molecule has 4 nitrogen and oxygen atoms in total. The van der Waals surface area contributed by atoms with Crippen LogP contribution < -0.4 is 4.72 Å². The Morgan fingerprint density at radius 2 is 1.86 bits per heavy atom. The topological polar surface area (TPSA) is 70.0 Å². The maximum Gasteiger partial charge on any atom is 0.261 e. The van der Waals surface area contributed by atoms with E-state index in [9.17, 15) is 12.8 Å². The van der Waals surface area contributed by atoms with E-state index in [4.69, 9.17) is 5.26 Å². The number of halogens is 2. The summed E-state index contributed by atoms with van der Waals surface area (Å²) in [5.41, 5.74) is 0.856. The van der Waals surface area contributed by atoms with Crippen LogP contribution in [0, 0.1) is 17.1 Å². The number of hydrogen-bond donors (Lipinski definition) is 1. The third-order valence-electron chi connectivity index (χ3n) is 2.73. The van der Waals surface area contributed by atoms with Crippen LogP contribution in [0.3, 0.4) is 0 Å². The Labute approximate surface area is 130 Å². The molecule has 0 aliphatic heterocycles. The van der Waals surface area contributed by atoms with E-state index in [0.29, 0.717) is 5.33 Å². The third kappa shape index (κ3) is 3.60. The maximum absolute atomic E-state index is 13.7. The molecule has 0 bridgehead atoms. The second-order valence-electron chi connectivity index (χ2n) is 4.19. The molecule has 7 heteroatoms. The number of nitriles is 1. The van der Waals surface area contributed by atoms with Crippen molar-refractivity contribution in [3.05, 3.63) is 59.4 Å². The van der Waals surface area contributed by atoms with Gasteiger partial charge < -0.3 is 0 Å². The predicted molar refractivity (Wildman–Crippen MR) is 81.0 cm³/mol. The van der Waals surface area contributed by atoms with Gasteiger partial charge in [0.25, 0.3) is 10.0 Å². The van der Waals surface area contributed by atoms with Crippen LogP contribution in [-0.2, 0) is 15.4 Å². The molecule has 0 unspecified atom stereocenters. The van der Waals surface area contributed by atoms with Gasteiger partial charge in [-0.3, -0.25) is 4.72 Å². The number of anilines is 1. The lowest BCUT2D eigenvalue weighted by Gasteiger charge is -2.09. The van der Waals surface area contributed by atoms with Gasteiger partial charge in [0.15, 0.2) is 0 Å². The molecule has 108 valence electrons. The number of nitrogens with one attached hydrogen (secondary N) is 1. The van der Waals surface area contributed by atoms with E-state index in [2.05, 4.69) is 20.7 Å². The van der Waals surface area contributed by atoms with Crippen LogP contribution in [-0.4, -0.2) is 8.42 Å². The highest BCUT2D eigenvalue weighted by Gasteiger charge is 2.16. The van der Waals surface area contributed by atoms with Crippen molar-refractivity contribution in [1.82, 2.24) is 0 Å². The minimum Gasteiger partial charge on any atom is -0.277 e. The number of rotatable bonds is 4. The molecule has 0 amide bonds. The number of alkyl halides is 1. The summed E-state index contributed by atoms with van der Waals surface area (Å²) in [6.45, 7) is 0. The Morgan fingerprint density at radius 1 is 1.19 bits per heavy atom. The Balaban J connectivity index is 2.30. The Kier molecular flexibility index (Phi) is 4.60. The van der Waals surface area contributed by atoms with E-state index in [-0.39, 0.29) is 16.1 Å². The van der Waals surface area contributed by atoms with Gasteiger partial charge in [-0.2, -0.15) is 5.26 Å². The summed E-state index contributed by atoms with van der Waals surface area (Å²) >= 11 is 3.27. The fourth-order valence-electron chi connectivity index (χ4n) is 1.63. The van der Waals surface area contributed by atoms with Crippen molar-refractivity contribution in [3.63, 3.8) is 0 Å². The van der Waals surface area contributed by atoms with Gasteiger partial charge in [0.1, 0.15) is 5.82 Å². The average Bonchev–Trinajstić information content (AvgIpc) is 2.49. The van der Waals surface area contributed by atoms with Gasteiger partial charge >= 0.3 is 0 Å². The molecule has 0 aliphatic rings. The fraction of sp³-hybridized carbons (Fsp3) is 0.0714. The third-order valence-corrected chi connectivity index (χ3v) is 4.76. The fourth-order valence-corrected chi connectivity index (χ4v) is 3.07. The SMILES string of the molecule is N#Cc1ccc(NS(=O)(=O)c2ccc(CBr)cc2)c(F)c1. The molecule has 0 fully saturated rings. The summed E-state index contributed by atoms with van der Waals surface area (Å²) in [6.07, 6.45) is 0.